The van der Waals surface area contributed by atoms with Crippen molar-refractivity contribution in [3.05, 3.63) is 42.7 Å². The number of hydrogen-bond acceptors (Lipinski definition) is 2. The van der Waals surface area contributed by atoms with Crippen molar-refractivity contribution >= 4 is 11.6 Å². The number of carbonyl (C=O) groups excluding carboxylic acids is 1. The molecule has 4 nitrogen and oxygen atoms in total. The Labute approximate surface area is 107 Å². The highest BCUT2D eigenvalue weighted by Crippen LogP contribution is 2.17. The van der Waals surface area contributed by atoms with Crippen LogP contribution in [-0.4, -0.2) is 15.7 Å². The molecule has 0 aliphatic carbocycles. The van der Waals surface area contributed by atoms with Crippen LogP contribution in [-0.2, 0) is 4.79 Å². The molecule has 2 rings (SSSR count). The van der Waals surface area contributed by atoms with Crippen LogP contribution in [0.3, 0.4) is 0 Å². The molecule has 0 bridgehead atoms. The normalized spacial score (nSPS) is 11.3. The van der Waals surface area contributed by atoms with Crippen LogP contribution in [0.15, 0.2) is 42.7 Å². The Balaban J connectivity index is 2.15. The lowest BCUT2D eigenvalue weighted by molar-refractivity contribution is -0.123. The summed E-state index contributed by atoms with van der Waals surface area (Å²) in [4.78, 5) is 11.8. The van der Waals surface area contributed by atoms with Crippen molar-refractivity contribution in [2.45, 2.75) is 20.8 Å². The third-order valence-electron chi connectivity index (χ3n) is 2.54. The van der Waals surface area contributed by atoms with Crippen LogP contribution in [0.4, 0.5) is 5.69 Å². The van der Waals surface area contributed by atoms with Crippen LogP contribution in [0.25, 0.3) is 5.69 Å². The summed E-state index contributed by atoms with van der Waals surface area (Å²) >= 11 is 0. The molecule has 0 spiro atoms. The minimum absolute atomic E-state index is 0.0184. The lowest BCUT2D eigenvalue weighted by Crippen LogP contribution is -2.27. The average Bonchev–Trinajstić information content (AvgIpc) is 2.77. The zero-order chi connectivity index (χ0) is 13.2. The molecule has 1 aromatic heterocycles. The van der Waals surface area contributed by atoms with Gasteiger partial charge >= 0.3 is 0 Å². The van der Waals surface area contributed by atoms with E-state index >= 15 is 0 Å². The Hall–Kier alpha value is -2.10. The number of aromatic nitrogens is 2. The summed E-state index contributed by atoms with van der Waals surface area (Å²) in [6, 6.07) is 9.77. The number of benzene rings is 1. The first kappa shape index (κ1) is 12.4. The third-order valence-corrected chi connectivity index (χ3v) is 2.54. The first-order valence-corrected chi connectivity index (χ1v) is 5.88. The molecular weight excluding hydrogens is 226 g/mol. The van der Waals surface area contributed by atoms with Gasteiger partial charge in [-0.25, -0.2) is 4.68 Å². The molecule has 0 radical (unpaired) electrons. The van der Waals surface area contributed by atoms with Crippen molar-refractivity contribution in [1.29, 1.82) is 0 Å². The fourth-order valence-electron chi connectivity index (χ4n) is 1.43. The first-order valence-electron chi connectivity index (χ1n) is 5.88. The number of amides is 1. The average molecular weight is 243 g/mol. The lowest BCUT2D eigenvalue weighted by Gasteiger charge is -2.16. The number of hydrogen-bond donors (Lipinski definition) is 1. The van der Waals surface area contributed by atoms with E-state index in [1.54, 1.807) is 17.1 Å². The number of carbonyl (C=O) groups is 1. The summed E-state index contributed by atoms with van der Waals surface area (Å²) in [6.07, 6.45) is 3.45. The summed E-state index contributed by atoms with van der Waals surface area (Å²) in [5.41, 5.74) is 1.27. The van der Waals surface area contributed by atoms with Crippen molar-refractivity contribution in [3.63, 3.8) is 0 Å². The molecule has 18 heavy (non-hydrogen) atoms. The van der Waals surface area contributed by atoms with E-state index in [-0.39, 0.29) is 5.91 Å². The highest BCUT2D eigenvalue weighted by molar-refractivity contribution is 5.94. The number of rotatable bonds is 2. The van der Waals surface area contributed by atoms with Gasteiger partial charge in [0.2, 0.25) is 5.91 Å². The maximum atomic E-state index is 11.8. The third kappa shape index (κ3) is 2.77. The molecule has 1 amide bonds. The number of anilines is 1. The monoisotopic (exact) mass is 243 g/mol. The van der Waals surface area contributed by atoms with Crippen LogP contribution in [0.5, 0.6) is 0 Å². The summed E-state index contributed by atoms with van der Waals surface area (Å²) in [5, 5.41) is 7.07. The fraction of sp³-hybridized carbons (Fsp3) is 0.286. The van der Waals surface area contributed by atoms with Crippen LogP contribution >= 0.6 is 0 Å². The van der Waals surface area contributed by atoms with Crippen molar-refractivity contribution in [2.24, 2.45) is 5.41 Å². The predicted octanol–water partition coefficient (Wildman–Crippen LogP) is 2.86. The van der Waals surface area contributed by atoms with Gasteiger partial charge < -0.3 is 5.32 Å². The van der Waals surface area contributed by atoms with Crippen molar-refractivity contribution in [1.82, 2.24) is 9.78 Å². The van der Waals surface area contributed by atoms with E-state index in [1.807, 2.05) is 51.1 Å². The lowest BCUT2D eigenvalue weighted by atomic mass is 9.96. The van der Waals surface area contributed by atoms with E-state index < -0.39 is 5.41 Å². The van der Waals surface area contributed by atoms with Gasteiger partial charge in [-0.15, -0.1) is 0 Å². The summed E-state index contributed by atoms with van der Waals surface area (Å²) in [6.45, 7) is 5.64. The van der Waals surface area contributed by atoms with E-state index in [0.29, 0.717) is 5.69 Å². The minimum atomic E-state index is -0.408. The topological polar surface area (TPSA) is 46.9 Å². The van der Waals surface area contributed by atoms with Gasteiger partial charge in [-0.05, 0) is 12.1 Å². The van der Waals surface area contributed by atoms with Crippen molar-refractivity contribution in [3.8, 4) is 5.69 Å². The quantitative estimate of drug-likeness (QED) is 0.881. The number of nitrogens with zero attached hydrogens (tertiary/aromatic N) is 2. The standard InChI is InChI=1S/C14H17N3O/c1-14(2,3)13(18)16-11-9-15-17(10-11)12-7-5-4-6-8-12/h4-10H,1-3H3,(H,16,18). The van der Waals surface area contributed by atoms with Crippen molar-refractivity contribution < 1.29 is 4.79 Å². The minimum Gasteiger partial charge on any atom is -0.323 e. The predicted molar refractivity (Wildman–Crippen MR) is 71.6 cm³/mol. The largest absolute Gasteiger partial charge is 0.323 e. The summed E-state index contributed by atoms with van der Waals surface area (Å²) in [7, 11) is 0. The molecule has 0 unspecified atom stereocenters. The molecule has 0 fully saturated rings. The second kappa shape index (κ2) is 4.64. The molecule has 0 atom stereocenters. The summed E-state index contributed by atoms with van der Waals surface area (Å²) < 4.78 is 1.73. The number of nitrogens with one attached hydrogen (secondary N) is 1. The second-order valence-corrected chi connectivity index (χ2v) is 5.21. The Morgan fingerprint density at radius 1 is 1.22 bits per heavy atom. The van der Waals surface area contributed by atoms with E-state index in [1.165, 1.54) is 0 Å². The van der Waals surface area contributed by atoms with Crippen LogP contribution < -0.4 is 5.32 Å². The smallest absolute Gasteiger partial charge is 0.229 e. The molecule has 0 saturated heterocycles. The van der Waals surface area contributed by atoms with Gasteiger partial charge in [-0.1, -0.05) is 39.0 Å². The molecule has 94 valence electrons. The Morgan fingerprint density at radius 2 is 1.89 bits per heavy atom. The molecule has 1 aromatic carbocycles. The maximum Gasteiger partial charge on any atom is 0.229 e. The van der Waals surface area contributed by atoms with E-state index in [0.717, 1.165) is 5.69 Å². The molecule has 4 heteroatoms. The van der Waals surface area contributed by atoms with Gasteiger partial charge in [0.25, 0.3) is 0 Å². The molecule has 1 N–H and O–H groups in total. The zero-order valence-corrected chi connectivity index (χ0v) is 10.8. The van der Waals surface area contributed by atoms with Gasteiger partial charge in [-0.2, -0.15) is 5.10 Å². The van der Waals surface area contributed by atoms with E-state index in [4.69, 9.17) is 0 Å². The number of para-hydroxylation sites is 1. The Bertz CT molecular complexity index is 538. The highest BCUT2D eigenvalue weighted by atomic mass is 16.2. The maximum absolute atomic E-state index is 11.8. The molecular formula is C14H17N3O. The van der Waals surface area contributed by atoms with Crippen molar-refractivity contribution in [2.75, 3.05) is 5.32 Å². The van der Waals surface area contributed by atoms with E-state index in [2.05, 4.69) is 10.4 Å². The molecule has 0 saturated carbocycles. The zero-order valence-electron chi connectivity index (χ0n) is 10.8. The SMILES string of the molecule is CC(C)(C)C(=O)Nc1cnn(-c2ccccc2)c1. The van der Waals surface area contributed by atoms with E-state index in [9.17, 15) is 4.79 Å². The molecule has 2 aromatic rings. The molecule has 1 heterocycles. The summed E-state index contributed by atoms with van der Waals surface area (Å²) in [5.74, 6) is -0.0184. The van der Waals surface area contributed by atoms with Gasteiger partial charge in [0.05, 0.1) is 23.8 Å². The molecule has 0 aliphatic heterocycles. The molecule has 0 aliphatic rings. The van der Waals surface area contributed by atoms with Crippen LogP contribution in [0, 0.1) is 5.41 Å². The van der Waals surface area contributed by atoms with Gasteiger partial charge in [0, 0.05) is 5.41 Å². The second-order valence-electron chi connectivity index (χ2n) is 5.21. The van der Waals surface area contributed by atoms with Crippen LogP contribution in [0.1, 0.15) is 20.8 Å². The highest BCUT2D eigenvalue weighted by Gasteiger charge is 2.21. The van der Waals surface area contributed by atoms with Gasteiger partial charge in [-0.3, -0.25) is 4.79 Å². The fourth-order valence-corrected chi connectivity index (χ4v) is 1.43. The van der Waals surface area contributed by atoms with Gasteiger partial charge in [0.1, 0.15) is 0 Å². The Kier molecular flexibility index (Phi) is 3.19. The van der Waals surface area contributed by atoms with Gasteiger partial charge in [0.15, 0.2) is 0 Å². The first-order chi connectivity index (χ1) is 8.47. The van der Waals surface area contributed by atoms with Crippen LogP contribution in [0.2, 0.25) is 0 Å². The Morgan fingerprint density at radius 3 is 2.50 bits per heavy atom.